The van der Waals surface area contributed by atoms with Crippen LogP contribution in [-0.4, -0.2) is 50.1 Å². The number of ether oxygens (including phenoxy) is 1. The molecule has 0 spiro atoms. The number of thioether (sulfide) groups is 1. The van der Waals surface area contributed by atoms with E-state index in [9.17, 15) is 4.79 Å². The average Bonchev–Trinajstić information content (AvgIpc) is 2.91. The molecule has 1 amide bonds. The van der Waals surface area contributed by atoms with Gasteiger partial charge in [0.05, 0.1) is 17.9 Å². The standard InChI is InChI=1S/C12H19N5O2S/c1-8(11(18)13-9-4-5-9)20-12-14-15-16-17(12)7-10-3-2-6-19-10/h8-10H,2-7H2,1H3,(H,13,18)/t8-,10+/m1/s1. The lowest BCUT2D eigenvalue weighted by molar-refractivity contribution is -0.120. The van der Waals surface area contributed by atoms with E-state index in [-0.39, 0.29) is 17.3 Å². The van der Waals surface area contributed by atoms with E-state index in [0.29, 0.717) is 17.7 Å². The Hall–Kier alpha value is -1.15. The predicted molar refractivity (Wildman–Crippen MR) is 73.3 cm³/mol. The minimum Gasteiger partial charge on any atom is -0.376 e. The van der Waals surface area contributed by atoms with Crippen molar-refractivity contribution in [2.45, 2.75) is 61.7 Å². The molecule has 0 radical (unpaired) electrons. The van der Waals surface area contributed by atoms with Crippen LogP contribution in [0.1, 0.15) is 32.6 Å². The van der Waals surface area contributed by atoms with Crippen molar-refractivity contribution in [2.75, 3.05) is 6.61 Å². The highest BCUT2D eigenvalue weighted by Gasteiger charge is 2.27. The number of carbonyl (C=O) groups is 1. The summed E-state index contributed by atoms with van der Waals surface area (Å²) in [6.07, 6.45) is 4.52. The van der Waals surface area contributed by atoms with Gasteiger partial charge in [0.2, 0.25) is 11.1 Å². The van der Waals surface area contributed by atoms with Crippen molar-refractivity contribution in [1.29, 1.82) is 0 Å². The Morgan fingerprint density at radius 2 is 2.40 bits per heavy atom. The lowest BCUT2D eigenvalue weighted by atomic mass is 10.2. The van der Waals surface area contributed by atoms with Crippen LogP contribution < -0.4 is 5.32 Å². The van der Waals surface area contributed by atoms with Gasteiger partial charge >= 0.3 is 0 Å². The van der Waals surface area contributed by atoms with Gasteiger partial charge in [-0.3, -0.25) is 4.79 Å². The zero-order chi connectivity index (χ0) is 13.9. The van der Waals surface area contributed by atoms with Gasteiger partial charge in [0.1, 0.15) is 0 Å². The molecule has 110 valence electrons. The second kappa shape index (κ2) is 6.09. The summed E-state index contributed by atoms with van der Waals surface area (Å²) in [4.78, 5) is 11.9. The molecule has 1 aromatic rings. The molecular weight excluding hydrogens is 278 g/mol. The smallest absolute Gasteiger partial charge is 0.233 e. The lowest BCUT2D eigenvalue weighted by Crippen LogP contribution is -2.32. The minimum absolute atomic E-state index is 0.0594. The van der Waals surface area contributed by atoms with Crippen LogP contribution in [0, 0.1) is 0 Å². The molecule has 1 aliphatic heterocycles. The molecule has 1 N–H and O–H groups in total. The second-order valence-electron chi connectivity index (χ2n) is 5.32. The van der Waals surface area contributed by atoms with E-state index in [4.69, 9.17) is 4.74 Å². The lowest BCUT2D eigenvalue weighted by Gasteiger charge is -2.13. The van der Waals surface area contributed by atoms with E-state index in [1.54, 1.807) is 4.68 Å². The number of rotatable bonds is 6. The summed E-state index contributed by atoms with van der Waals surface area (Å²) in [5.41, 5.74) is 0. The van der Waals surface area contributed by atoms with Crippen LogP contribution in [0.5, 0.6) is 0 Å². The van der Waals surface area contributed by atoms with Gasteiger partial charge in [-0.25, -0.2) is 4.68 Å². The molecule has 3 rings (SSSR count). The number of nitrogens with zero attached hydrogens (tertiary/aromatic N) is 4. The molecule has 7 nitrogen and oxygen atoms in total. The van der Waals surface area contributed by atoms with Gasteiger partial charge < -0.3 is 10.1 Å². The van der Waals surface area contributed by atoms with E-state index >= 15 is 0 Å². The average molecular weight is 297 g/mol. The first-order valence-electron chi connectivity index (χ1n) is 7.07. The number of tetrazole rings is 1. The molecule has 2 heterocycles. The fraction of sp³-hybridized carbons (Fsp3) is 0.833. The molecule has 8 heteroatoms. The molecule has 2 aliphatic rings. The molecule has 0 aromatic carbocycles. The predicted octanol–water partition coefficient (Wildman–Crippen LogP) is 0.611. The third-order valence-electron chi connectivity index (χ3n) is 3.47. The Morgan fingerprint density at radius 3 is 3.10 bits per heavy atom. The number of hydrogen-bond donors (Lipinski definition) is 1. The number of nitrogens with one attached hydrogen (secondary N) is 1. The monoisotopic (exact) mass is 297 g/mol. The topological polar surface area (TPSA) is 81.9 Å². The third-order valence-corrected chi connectivity index (χ3v) is 4.55. The zero-order valence-electron chi connectivity index (χ0n) is 11.5. The maximum atomic E-state index is 11.9. The van der Waals surface area contributed by atoms with Crippen molar-refractivity contribution in [1.82, 2.24) is 25.5 Å². The summed E-state index contributed by atoms with van der Waals surface area (Å²) in [6, 6.07) is 0.383. The Kier molecular flexibility index (Phi) is 4.21. The molecule has 2 fully saturated rings. The highest BCUT2D eigenvalue weighted by atomic mass is 32.2. The zero-order valence-corrected chi connectivity index (χ0v) is 12.3. The number of amides is 1. The van der Waals surface area contributed by atoms with Gasteiger partial charge in [0, 0.05) is 12.6 Å². The molecule has 0 bridgehead atoms. The van der Waals surface area contributed by atoms with Crippen LogP contribution in [0.3, 0.4) is 0 Å². The van der Waals surface area contributed by atoms with Crippen molar-refractivity contribution < 1.29 is 9.53 Å². The summed E-state index contributed by atoms with van der Waals surface area (Å²) in [6.45, 7) is 3.36. The van der Waals surface area contributed by atoms with Crippen LogP contribution in [0.15, 0.2) is 5.16 Å². The molecule has 0 unspecified atom stereocenters. The van der Waals surface area contributed by atoms with E-state index < -0.39 is 0 Å². The van der Waals surface area contributed by atoms with E-state index in [1.807, 2.05) is 6.92 Å². The van der Waals surface area contributed by atoms with Crippen molar-refractivity contribution in [3.8, 4) is 0 Å². The van der Waals surface area contributed by atoms with Crippen LogP contribution in [-0.2, 0) is 16.1 Å². The Morgan fingerprint density at radius 1 is 1.55 bits per heavy atom. The highest BCUT2D eigenvalue weighted by Crippen LogP contribution is 2.24. The summed E-state index contributed by atoms with van der Waals surface area (Å²) in [5.74, 6) is 0.0594. The molecule has 1 aliphatic carbocycles. The van der Waals surface area contributed by atoms with Crippen molar-refractivity contribution in [2.24, 2.45) is 0 Å². The van der Waals surface area contributed by atoms with Gasteiger partial charge in [0.25, 0.3) is 0 Å². The molecule has 1 saturated carbocycles. The maximum Gasteiger partial charge on any atom is 0.233 e. The normalized spacial score (nSPS) is 23.8. The van der Waals surface area contributed by atoms with Gasteiger partial charge in [-0.1, -0.05) is 11.8 Å². The molecule has 2 atom stereocenters. The first kappa shape index (κ1) is 13.8. The maximum absolute atomic E-state index is 11.9. The third kappa shape index (κ3) is 3.49. The van der Waals surface area contributed by atoms with Crippen LogP contribution >= 0.6 is 11.8 Å². The highest BCUT2D eigenvalue weighted by molar-refractivity contribution is 8.00. The van der Waals surface area contributed by atoms with Gasteiger partial charge in [-0.15, -0.1) is 5.10 Å². The van der Waals surface area contributed by atoms with Crippen molar-refractivity contribution >= 4 is 17.7 Å². The Bertz CT molecular complexity index is 470. The molecule has 1 saturated heterocycles. The van der Waals surface area contributed by atoms with Crippen LogP contribution in [0.2, 0.25) is 0 Å². The first-order chi connectivity index (χ1) is 9.72. The Balaban J connectivity index is 1.55. The van der Waals surface area contributed by atoms with E-state index in [2.05, 4.69) is 20.8 Å². The second-order valence-corrected chi connectivity index (χ2v) is 6.63. The first-order valence-corrected chi connectivity index (χ1v) is 7.95. The minimum atomic E-state index is -0.190. The largest absolute Gasteiger partial charge is 0.376 e. The van der Waals surface area contributed by atoms with E-state index in [0.717, 1.165) is 32.3 Å². The quantitative estimate of drug-likeness (QED) is 0.775. The summed E-state index contributed by atoms with van der Waals surface area (Å²) < 4.78 is 7.33. The number of aromatic nitrogens is 4. The van der Waals surface area contributed by atoms with Gasteiger partial charge in [-0.2, -0.15) is 0 Å². The summed E-state index contributed by atoms with van der Waals surface area (Å²) in [5, 5.41) is 15.2. The molecule has 1 aromatic heterocycles. The van der Waals surface area contributed by atoms with Crippen LogP contribution in [0.4, 0.5) is 0 Å². The fourth-order valence-electron chi connectivity index (χ4n) is 2.13. The van der Waals surface area contributed by atoms with Crippen molar-refractivity contribution in [3.63, 3.8) is 0 Å². The fourth-order valence-corrected chi connectivity index (χ4v) is 2.94. The van der Waals surface area contributed by atoms with Crippen molar-refractivity contribution in [3.05, 3.63) is 0 Å². The van der Waals surface area contributed by atoms with Gasteiger partial charge in [0.15, 0.2) is 0 Å². The molecular formula is C12H19N5O2S. The molecule has 20 heavy (non-hydrogen) atoms. The van der Waals surface area contributed by atoms with Crippen LogP contribution in [0.25, 0.3) is 0 Å². The van der Waals surface area contributed by atoms with Gasteiger partial charge in [-0.05, 0) is 43.0 Å². The summed E-state index contributed by atoms with van der Waals surface area (Å²) >= 11 is 1.40. The SMILES string of the molecule is C[C@@H](Sc1nnnn1C[C@@H]1CCCO1)C(=O)NC1CC1. The van der Waals surface area contributed by atoms with E-state index in [1.165, 1.54) is 11.8 Å². The summed E-state index contributed by atoms with van der Waals surface area (Å²) in [7, 11) is 0. The number of hydrogen-bond acceptors (Lipinski definition) is 6. The Labute approximate surface area is 121 Å². The number of carbonyl (C=O) groups excluding carboxylic acids is 1.